The van der Waals surface area contributed by atoms with Crippen LogP contribution in [0.1, 0.15) is 56.6 Å². The van der Waals surface area contributed by atoms with Crippen molar-refractivity contribution >= 4 is 5.97 Å². The minimum atomic E-state index is -0.836. The molecule has 2 nitrogen and oxygen atoms in total. The number of carboxylic acids is 1. The fourth-order valence-electron chi connectivity index (χ4n) is 2.64. The molecule has 0 unspecified atom stereocenters. The second-order valence-electron chi connectivity index (χ2n) is 5.14. The largest absolute Gasteiger partial charge is 0.481 e. The number of hydrogen-bond donors (Lipinski definition) is 1. The van der Waals surface area contributed by atoms with Gasteiger partial charge in [-0.05, 0) is 48.8 Å². The van der Waals surface area contributed by atoms with E-state index in [1.54, 1.807) is 12.1 Å². The number of rotatable bonds is 5. The Morgan fingerprint density at radius 3 is 2.39 bits per heavy atom. The third-order valence-electron chi connectivity index (χ3n) is 4.14. The molecule has 1 N–H and O–H groups in total. The molecule has 0 spiro atoms. The Kier molecular flexibility index (Phi) is 3.42. The average molecular weight is 250 g/mol. The Labute approximate surface area is 107 Å². The predicted molar refractivity (Wildman–Crippen MR) is 68.3 cm³/mol. The molecule has 1 fully saturated rings. The van der Waals surface area contributed by atoms with E-state index in [1.165, 1.54) is 6.07 Å². The van der Waals surface area contributed by atoms with Gasteiger partial charge in [-0.2, -0.15) is 0 Å². The molecule has 98 valence electrons. The van der Waals surface area contributed by atoms with Crippen LogP contribution in [-0.2, 0) is 10.2 Å². The van der Waals surface area contributed by atoms with Crippen LogP contribution in [0.3, 0.4) is 0 Å². The molecular formula is C15H19FO2. The Morgan fingerprint density at radius 2 is 2.00 bits per heavy atom. The van der Waals surface area contributed by atoms with E-state index < -0.39 is 11.4 Å². The molecule has 0 heterocycles. The maximum Gasteiger partial charge on any atom is 0.314 e. The Hall–Kier alpha value is -1.38. The summed E-state index contributed by atoms with van der Waals surface area (Å²) in [7, 11) is 0. The Bertz CT molecular complexity index is 460. The molecular weight excluding hydrogens is 231 g/mol. The standard InChI is InChI=1S/C15H19FO2/c1-3-10(4-2)12-6-5-11(9-13(12)16)15(7-8-15)14(17)18/h5-6,9-10H,3-4,7-8H2,1-2H3,(H,17,18). The van der Waals surface area contributed by atoms with Gasteiger partial charge in [0.1, 0.15) is 5.82 Å². The zero-order valence-electron chi connectivity index (χ0n) is 10.9. The van der Waals surface area contributed by atoms with Gasteiger partial charge in [-0.15, -0.1) is 0 Å². The van der Waals surface area contributed by atoms with Crippen molar-refractivity contribution in [2.45, 2.75) is 50.9 Å². The van der Waals surface area contributed by atoms with Crippen LogP contribution in [0.4, 0.5) is 4.39 Å². The van der Waals surface area contributed by atoms with Gasteiger partial charge in [0.05, 0.1) is 5.41 Å². The summed E-state index contributed by atoms with van der Waals surface area (Å²) >= 11 is 0. The predicted octanol–water partition coefficient (Wildman–Crippen LogP) is 3.85. The number of hydrogen-bond acceptors (Lipinski definition) is 1. The van der Waals surface area contributed by atoms with E-state index in [0.29, 0.717) is 24.0 Å². The summed E-state index contributed by atoms with van der Waals surface area (Å²) in [5.74, 6) is -0.870. The van der Waals surface area contributed by atoms with Gasteiger partial charge in [0.2, 0.25) is 0 Å². The highest BCUT2D eigenvalue weighted by Crippen LogP contribution is 2.48. The molecule has 2 rings (SSSR count). The smallest absolute Gasteiger partial charge is 0.314 e. The van der Waals surface area contributed by atoms with E-state index in [0.717, 1.165) is 12.8 Å². The van der Waals surface area contributed by atoms with Crippen molar-refractivity contribution < 1.29 is 14.3 Å². The van der Waals surface area contributed by atoms with Crippen molar-refractivity contribution in [3.8, 4) is 0 Å². The molecule has 1 aromatic rings. The molecule has 1 aromatic carbocycles. The quantitative estimate of drug-likeness (QED) is 0.862. The number of aliphatic carboxylic acids is 1. The normalized spacial score (nSPS) is 16.9. The van der Waals surface area contributed by atoms with E-state index >= 15 is 0 Å². The molecule has 18 heavy (non-hydrogen) atoms. The van der Waals surface area contributed by atoms with Crippen LogP contribution in [0.2, 0.25) is 0 Å². The van der Waals surface area contributed by atoms with Crippen LogP contribution >= 0.6 is 0 Å². The first-order valence-corrected chi connectivity index (χ1v) is 6.58. The molecule has 0 saturated heterocycles. The van der Waals surface area contributed by atoms with E-state index in [2.05, 4.69) is 0 Å². The van der Waals surface area contributed by atoms with E-state index in [-0.39, 0.29) is 11.7 Å². The summed E-state index contributed by atoms with van der Waals surface area (Å²) in [6, 6.07) is 4.98. The lowest BCUT2D eigenvalue weighted by molar-refractivity contribution is -0.140. The van der Waals surface area contributed by atoms with Gasteiger partial charge in [-0.25, -0.2) is 4.39 Å². The second kappa shape index (κ2) is 4.71. The maximum absolute atomic E-state index is 14.1. The summed E-state index contributed by atoms with van der Waals surface area (Å²) in [5.41, 5.74) is 0.514. The topological polar surface area (TPSA) is 37.3 Å². The fourth-order valence-corrected chi connectivity index (χ4v) is 2.64. The second-order valence-corrected chi connectivity index (χ2v) is 5.14. The fraction of sp³-hybridized carbons (Fsp3) is 0.533. The van der Waals surface area contributed by atoms with Gasteiger partial charge in [-0.3, -0.25) is 4.79 Å². The van der Waals surface area contributed by atoms with Gasteiger partial charge in [0.15, 0.2) is 0 Å². The highest BCUT2D eigenvalue weighted by atomic mass is 19.1. The van der Waals surface area contributed by atoms with Gasteiger partial charge in [0.25, 0.3) is 0 Å². The Balaban J connectivity index is 2.34. The number of benzene rings is 1. The molecule has 1 aliphatic rings. The first-order chi connectivity index (χ1) is 8.55. The highest BCUT2D eigenvalue weighted by molar-refractivity contribution is 5.84. The molecule has 0 radical (unpaired) electrons. The molecule has 0 amide bonds. The van der Waals surface area contributed by atoms with Crippen LogP contribution in [-0.4, -0.2) is 11.1 Å². The van der Waals surface area contributed by atoms with Crippen LogP contribution in [0.5, 0.6) is 0 Å². The van der Waals surface area contributed by atoms with Crippen LogP contribution in [0.15, 0.2) is 18.2 Å². The minimum Gasteiger partial charge on any atom is -0.481 e. The van der Waals surface area contributed by atoms with Gasteiger partial charge in [-0.1, -0.05) is 26.0 Å². The van der Waals surface area contributed by atoms with Crippen LogP contribution in [0.25, 0.3) is 0 Å². The van der Waals surface area contributed by atoms with Crippen molar-refractivity contribution in [3.63, 3.8) is 0 Å². The van der Waals surface area contributed by atoms with Crippen molar-refractivity contribution in [3.05, 3.63) is 35.1 Å². The molecule has 0 bridgehead atoms. The van der Waals surface area contributed by atoms with Gasteiger partial charge in [0, 0.05) is 0 Å². The third-order valence-corrected chi connectivity index (χ3v) is 4.14. The molecule has 1 saturated carbocycles. The maximum atomic E-state index is 14.1. The summed E-state index contributed by atoms with van der Waals surface area (Å²) in [6.45, 7) is 4.09. The minimum absolute atomic E-state index is 0.221. The van der Waals surface area contributed by atoms with Crippen LogP contribution < -0.4 is 0 Å². The molecule has 0 aromatic heterocycles. The number of carbonyl (C=O) groups is 1. The highest BCUT2D eigenvalue weighted by Gasteiger charge is 2.51. The summed E-state index contributed by atoms with van der Waals surface area (Å²) in [5, 5.41) is 9.20. The van der Waals surface area contributed by atoms with Crippen LogP contribution in [0, 0.1) is 5.82 Å². The average Bonchev–Trinajstić information content (AvgIpc) is 3.13. The van der Waals surface area contributed by atoms with E-state index in [1.807, 2.05) is 13.8 Å². The zero-order chi connectivity index (χ0) is 13.3. The summed E-state index contributed by atoms with van der Waals surface area (Å²) in [6.07, 6.45) is 3.03. The van der Waals surface area contributed by atoms with Crippen molar-refractivity contribution in [2.24, 2.45) is 0 Å². The lowest BCUT2D eigenvalue weighted by Crippen LogP contribution is -2.19. The van der Waals surface area contributed by atoms with Gasteiger partial charge < -0.3 is 5.11 Å². The SMILES string of the molecule is CCC(CC)c1ccc(C2(C(=O)O)CC2)cc1F. The first-order valence-electron chi connectivity index (χ1n) is 6.58. The summed E-state index contributed by atoms with van der Waals surface area (Å²) < 4.78 is 14.1. The number of halogens is 1. The van der Waals surface area contributed by atoms with Crippen molar-refractivity contribution in [2.75, 3.05) is 0 Å². The lowest BCUT2D eigenvalue weighted by Gasteiger charge is -2.16. The molecule has 0 aliphatic heterocycles. The van der Waals surface area contributed by atoms with E-state index in [9.17, 15) is 14.3 Å². The summed E-state index contributed by atoms with van der Waals surface area (Å²) in [4.78, 5) is 11.2. The molecule has 3 heteroatoms. The Morgan fingerprint density at radius 1 is 1.39 bits per heavy atom. The van der Waals surface area contributed by atoms with Gasteiger partial charge >= 0.3 is 5.97 Å². The molecule has 1 aliphatic carbocycles. The van der Waals surface area contributed by atoms with Crippen molar-refractivity contribution in [1.29, 1.82) is 0 Å². The first kappa shape index (κ1) is 13.1. The molecule has 0 atom stereocenters. The van der Waals surface area contributed by atoms with E-state index in [4.69, 9.17) is 0 Å². The third kappa shape index (κ3) is 2.02. The number of carboxylic acid groups (broad SMARTS) is 1. The van der Waals surface area contributed by atoms with Crippen molar-refractivity contribution in [1.82, 2.24) is 0 Å². The lowest BCUT2D eigenvalue weighted by atomic mass is 9.89. The monoisotopic (exact) mass is 250 g/mol. The zero-order valence-corrected chi connectivity index (χ0v) is 10.9.